The molecule has 5 heteroatoms. The first-order chi connectivity index (χ1) is 7.91. The second-order valence-corrected chi connectivity index (χ2v) is 5.18. The van der Waals surface area contributed by atoms with E-state index in [1.807, 2.05) is 13.8 Å². The summed E-state index contributed by atoms with van der Waals surface area (Å²) in [6.07, 6.45) is 0.481. The molecular formula is C12H20N2O3. The van der Waals surface area contributed by atoms with Gasteiger partial charge in [-0.25, -0.2) is 0 Å². The Kier molecular flexibility index (Phi) is 3.12. The van der Waals surface area contributed by atoms with Gasteiger partial charge >= 0.3 is 0 Å². The average Bonchev–Trinajstić information content (AvgIpc) is 2.34. The number of amides is 2. The molecule has 2 fully saturated rings. The second-order valence-electron chi connectivity index (χ2n) is 5.18. The molecule has 0 aromatic rings. The van der Waals surface area contributed by atoms with Crippen LogP contribution in [-0.2, 0) is 14.3 Å². The normalized spacial score (nSPS) is 39.1. The average molecular weight is 240 g/mol. The van der Waals surface area contributed by atoms with Crippen molar-refractivity contribution in [3.8, 4) is 0 Å². The number of likely N-dealkylation sites (N-methyl/N-ethyl adjacent to an activating group) is 1. The molecule has 2 amide bonds. The number of nitrogens with zero attached hydrogens (tertiary/aromatic N) is 2. The van der Waals surface area contributed by atoms with E-state index in [2.05, 4.69) is 0 Å². The molecule has 4 atom stereocenters. The topological polar surface area (TPSA) is 49.9 Å². The summed E-state index contributed by atoms with van der Waals surface area (Å²) < 4.78 is 5.86. The van der Waals surface area contributed by atoms with Gasteiger partial charge in [0.2, 0.25) is 11.8 Å². The highest BCUT2D eigenvalue weighted by atomic mass is 16.5. The summed E-state index contributed by atoms with van der Waals surface area (Å²) in [4.78, 5) is 27.4. The lowest BCUT2D eigenvalue weighted by Crippen LogP contribution is -2.62. The Hall–Kier alpha value is -1.10. The number of hydrogen-bond acceptors (Lipinski definition) is 3. The molecule has 17 heavy (non-hydrogen) atoms. The van der Waals surface area contributed by atoms with Crippen molar-refractivity contribution in [1.29, 1.82) is 0 Å². The van der Waals surface area contributed by atoms with Crippen LogP contribution in [0.1, 0.15) is 27.2 Å². The summed E-state index contributed by atoms with van der Waals surface area (Å²) in [6, 6.07) is -0.418. The van der Waals surface area contributed by atoms with Gasteiger partial charge in [-0.3, -0.25) is 9.59 Å². The smallest absolute Gasteiger partial charge is 0.245 e. The monoisotopic (exact) mass is 240 g/mol. The lowest BCUT2D eigenvalue weighted by Gasteiger charge is -2.43. The molecule has 0 spiro atoms. The molecule has 96 valence electrons. The van der Waals surface area contributed by atoms with Gasteiger partial charge in [-0.15, -0.1) is 0 Å². The maximum atomic E-state index is 12.3. The Balaban J connectivity index is 2.30. The summed E-state index contributed by atoms with van der Waals surface area (Å²) in [5.74, 6) is -0.0538. The fraction of sp³-hybridized carbons (Fsp3) is 0.833. The van der Waals surface area contributed by atoms with Crippen molar-refractivity contribution >= 4 is 11.8 Å². The maximum Gasteiger partial charge on any atom is 0.245 e. The molecule has 0 aromatic heterocycles. The van der Waals surface area contributed by atoms with Crippen molar-refractivity contribution in [3.05, 3.63) is 0 Å². The molecule has 4 unspecified atom stereocenters. The van der Waals surface area contributed by atoms with Gasteiger partial charge in [0.25, 0.3) is 0 Å². The number of rotatable bonds is 0. The molecule has 2 rings (SSSR count). The van der Waals surface area contributed by atoms with E-state index in [4.69, 9.17) is 4.74 Å². The Morgan fingerprint density at radius 2 is 1.82 bits per heavy atom. The third-order valence-corrected chi connectivity index (χ3v) is 3.64. The highest BCUT2D eigenvalue weighted by Crippen LogP contribution is 2.27. The van der Waals surface area contributed by atoms with Gasteiger partial charge in [-0.1, -0.05) is 6.92 Å². The van der Waals surface area contributed by atoms with Gasteiger partial charge in [0.15, 0.2) is 6.23 Å². The molecule has 0 aliphatic carbocycles. The largest absolute Gasteiger partial charge is 0.353 e. The molecule has 0 radical (unpaired) electrons. The standard InChI is InChI=1S/C12H20N2O3/c1-7-5-8(2)17-10-6-13(4)12(16)9(3)14(10)11(7)15/h7-10H,5-6H2,1-4H3. The number of ether oxygens (including phenoxy) is 1. The first kappa shape index (κ1) is 12.4. The number of carbonyl (C=O) groups is 2. The third kappa shape index (κ3) is 2.04. The van der Waals surface area contributed by atoms with Gasteiger partial charge in [-0.2, -0.15) is 0 Å². The summed E-state index contributed by atoms with van der Waals surface area (Å²) in [5, 5.41) is 0. The predicted molar refractivity (Wildman–Crippen MR) is 62.1 cm³/mol. The Bertz CT molecular complexity index is 345. The van der Waals surface area contributed by atoms with Crippen LogP contribution < -0.4 is 0 Å². The fourth-order valence-corrected chi connectivity index (χ4v) is 2.72. The quantitative estimate of drug-likeness (QED) is 0.617. The van der Waals surface area contributed by atoms with Crippen LogP contribution in [0.25, 0.3) is 0 Å². The Morgan fingerprint density at radius 1 is 1.18 bits per heavy atom. The molecule has 2 aliphatic heterocycles. The van der Waals surface area contributed by atoms with Crippen LogP contribution in [0.5, 0.6) is 0 Å². The molecule has 0 saturated carbocycles. The van der Waals surface area contributed by atoms with Crippen molar-refractivity contribution < 1.29 is 14.3 Å². The van der Waals surface area contributed by atoms with E-state index >= 15 is 0 Å². The van der Waals surface area contributed by atoms with E-state index in [1.165, 1.54) is 0 Å². The van der Waals surface area contributed by atoms with Crippen LogP contribution in [0.3, 0.4) is 0 Å². The van der Waals surface area contributed by atoms with Crippen molar-refractivity contribution in [3.63, 3.8) is 0 Å². The molecule has 2 saturated heterocycles. The number of carbonyl (C=O) groups excluding carboxylic acids is 2. The zero-order valence-electron chi connectivity index (χ0n) is 10.8. The van der Waals surface area contributed by atoms with E-state index in [1.54, 1.807) is 23.8 Å². The van der Waals surface area contributed by atoms with Crippen LogP contribution >= 0.6 is 0 Å². The van der Waals surface area contributed by atoms with Crippen molar-refractivity contribution in [2.75, 3.05) is 13.6 Å². The highest BCUT2D eigenvalue weighted by molar-refractivity contribution is 5.89. The van der Waals surface area contributed by atoms with Crippen LogP contribution in [0.2, 0.25) is 0 Å². The van der Waals surface area contributed by atoms with Gasteiger partial charge in [0, 0.05) is 13.0 Å². The van der Waals surface area contributed by atoms with Gasteiger partial charge < -0.3 is 14.5 Å². The lowest BCUT2D eigenvalue weighted by atomic mass is 10.0. The lowest BCUT2D eigenvalue weighted by molar-refractivity contribution is -0.174. The summed E-state index contributed by atoms with van der Waals surface area (Å²) in [5.41, 5.74) is 0. The van der Waals surface area contributed by atoms with Crippen LogP contribution in [-0.4, -0.2) is 53.6 Å². The molecule has 2 aliphatic rings. The zero-order chi connectivity index (χ0) is 12.7. The molecule has 2 heterocycles. The first-order valence-corrected chi connectivity index (χ1v) is 6.14. The van der Waals surface area contributed by atoms with E-state index < -0.39 is 6.04 Å². The molecule has 5 nitrogen and oxygen atoms in total. The highest BCUT2D eigenvalue weighted by Gasteiger charge is 2.44. The van der Waals surface area contributed by atoms with Crippen LogP contribution in [0.4, 0.5) is 0 Å². The fourth-order valence-electron chi connectivity index (χ4n) is 2.72. The minimum absolute atomic E-state index is 0.0139. The van der Waals surface area contributed by atoms with Crippen molar-refractivity contribution in [2.45, 2.75) is 45.6 Å². The molecule has 0 aromatic carbocycles. The molecule has 0 bridgehead atoms. The van der Waals surface area contributed by atoms with Gasteiger partial charge in [-0.05, 0) is 20.3 Å². The van der Waals surface area contributed by atoms with Gasteiger partial charge in [0.1, 0.15) is 6.04 Å². The minimum Gasteiger partial charge on any atom is -0.353 e. The predicted octanol–water partition coefficient (Wildman–Crippen LogP) is 0.446. The number of fused-ring (bicyclic) bond motifs is 1. The first-order valence-electron chi connectivity index (χ1n) is 6.14. The Labute approximate surface area is 102 Å². The van der Waals surface area contributed by atoms with Crippen LogP contribution in [0, 0.1) is 5.92 Å². The SMILES string of the molecule is CC1CC(C)C(=O)N2C(CN(C)C(=O)C2C)O1. The van der Waals surface area contributed by atoms with E-state index in [-0.39, 0.29) is 30.1 Å². The molecular weight excluding hydrogens is 220 g/mol. The van der Waals surface area contributed by atoms with Crippen molar-refractivity contribution in [1.82, 2.24) is 9.80 Å². The van der Waals surface area contributed by atoms with E-state index in [9.17, 15) is 9.59 Å². The van der Waals surface area contributed by atoms with Crippen molar-refractivity contribution in [2.24, 2.45) is 5.92 Å². The summed E-state index contributed by atoms with van der Waals surface area (Å²) in [7, 11) is 1.75. The van der Waals surface area contributed by atoms with E-state index in [0.717, 1.165) is 6.42 Å². The third-order valence-electron chi connectivity index (χ3n) is 3.64. The summed E-state index contributed by atoms with van der Waals surface area (Å²) >= 11 is 0. The van der Waals surface area contributed by atoms with Crippen LogP contribution in [0.15, 0.2) is 0 Å². The Morgan fingerprint density at radius 3 is 2.47 bits per heavy atom. The maximum absolute atomic E-state index is 12.3. The van der Waals surface area contributed by atoms with Gasteiger partial charge in [0.05, 0.1) is 12.6 Å². The number of hydrogen-bond donors (Lipinski definition) is 0. The number of piperazine rings is 1. The van der Waals surface area contributed by atoms with E-state index in [0.29, 0.717) is 6.54 Å². The molecule has 0 N–H and O–H groups in total. The zero-order valence-corrected chi connectivity index (χ0v) is 10.8. The second kappa shape index (κ2) is 4.29. The minimum atomic E-state index is -0.418. The summed E-state index contributed by atoms with van der Waals surface area (Å²) in [6.45, 7) is 6.12.